The summed E-state index contributed by atoms with van der Waals surface area (Å²) in [4.78, 5) is 26.8. The summed E-state index contributed by atoms with van der Waals surface area (Å²) in [7, 11) is -2.04. The van der Waals surface area contributed by atoms with E-state index in [4.69, 9.17) is 4.18 Å². The van der Waals surface area contributed by atoms with Crippen LogP contribution in [-0.4, -0.2) is 62.5 Å². The maximum atomic E-state index is 12.9. The Labute approximate surface area is 190 Å². The summed E-state index contributed by atoms with van der Waals surface area (Å²) in [6, 6.07) is 13.3. The van der Waals surface area contributed by atoms with Crippen LogP contribution in [0.3, 0.4) is 0 Å². The van der Waals surface area contributed by atoms with Crippen molar-refractivity contribution >= 4 is 21.9 Å². The second kappa shape index (κ2) is 9.52. The molecule has 0 aromatic heterocycles. The van der Waals surface area contributed by atoms with E-state index in [9.17, 15) is 18.0 Å². The highest BCUT2D eigenvalue weighted by atomic mass is 32.2. The number of hydrogen-bond acceptors (Lipinski definition) is 5. The van der Waals surface area contributed by atoms with E-state index in [-0.39, 0.29) is 27.7 Å². The van der Waals surface area contributed by atoms with Crippen molar-refractivity contribution in [2.75, 3.05) is 26.7 Å². The second-order valence-corrected chi connectivity index (χ2v) is 10.0. The van der Waals surface area contributed by atoms with Gasteiger partial charge in [-0.1, -0.05) is 43.7 Å². The Hall–Kier alpha value is -2.55. The van der Waals surface area contributed by atoms with E-state index in [0.717, 1.165) is 12.0 Å². The Morgan fingerprint density at radius 1 is 0.938 bits per heavy atom. The van der Waals surface area contributed by atoms with Crippen LogP contribution < -0.4 is 0 Å². The normalized spacial score (nSPS) is 16.7. The molecule has 1 aliphatic rings. The lowest BCUT2D eigenvalue weighted by Crippen LogP contribution is -2.57. The van der Waals surface area contributed by atoms with Gasteiger partial charge in [0.1, 0.15) is 0 Å². The maximum absolute atomic E-state index is 12.9. The lowest BCUT2D eigenvalue weighted by Gasteiger charge is -2.40. The zero-order chi connectivity index (χ0) is 23.5. The molecule has 1 aliphatic heterocycles. The number of hydrogen-bond donors (Lipinski definition) is 0. The van der Waals surface area contributed by atoms with E-state index in [2.05, 4.69) is 0 Å². The summed E-state index contributed by atoms with van der Waals surface area (Å²) in [6.45, 7) is 7.00. The van der Waals surface area contributed by atoms with Gasteiger partial charge in [-0.15, -0.1) is 0 Å². The SMILES string of the molecule is CCC[N+](C)(CCN1C(=O)c2ccccc2C1=O)C(CC)OS(=O)(=O)c1ccc(C)cc1. The van der Waals surface area contributed by atoms with E-state index < -0.39 is 16.3 Å². The van der Waals surface area contributed by atoms with E-state index in [0.29, 0.717) is 30.6 Å². The zero-order valence-electron chi connectivity index (χ0n) is 19.1. The molecule has 7 nitrogen and oxygen atoms in total. The summed E-state index contributed by atoms with van der Waals surface area (Å²) < 4.78 is 31.8. The minimum absolute atomic E-state index is 0.116. The van der Waals surface area contributed by atoms with Gasteiger partial charge in [-0.25, -0.2) is 4.18 Å². The molecule has 3 rings (SSSR count). The maximum Gasteiger partial charge on any atom is 0.301 e. The molecule has 2 amide bonds. The topological polar surface area (TPSA) is 80.8 Å². The fraction of sp³-hybridized carbons (Fsp3) is 0.417. The molecule has 2 atom stereocenters. The highest BCUT2D eigenvalue weighted by Crippen LogP contribution is 2.26. The molecule has 0 saturated carbocycles. The summed E-state index contributed by atoms with van der Waals surface area (Å²) in [6.07, 6.45) is 0.615. The first-order chi connectivity index (χ1) is 15.1. The third-order valence-corrected chi connectivity index (χ3v) is 7.36. The first-order valence-electron chi connectivity index (χ1n) is 10.9. The van der Waals surface area contributed by atoms with Crippen molar-refractivity contribution in [3.8, 4) is 0 Å². The molecule has 2 unspecified atom stereocenters. The fourth-order valence-electron chi connectivity index (χ4n) is 4.20. The van der Waals surface area contributed by atoms with Crippen LogP contribution in [0.15, 0.2) is 53.4 Å². The van der Waals surface area contributed by atoms with Gasteiger partial charge in [-0.2, -0.15) is 8.42 Å². The van der Waals surface area contributed by atoms with Crippen LogP contribution in [0.5, 0.6) is 0 Å². The van der Waals surface area contributed by atoms with Gasteiger partial charge in [-0.3, -0.25) is 19.0 Å². The van der Waals surface area contributed by atoms with Crippen LogP contribution in [0.1, 0.15) is 53.0 Å². The third-order valence-electron chi connectivity index (χ3n) is 6.04. The lowest BCUT2D eigenvalue weighted by atomic mass is 10.1. The summed E-state index contributed by atoms with van der Waals surface area (Å²) in [5.41, 5.74) is 1.78. The summed E-state index contributed by atoms with van der Waals surface area (Å²) >= 11 is 0. The quantitative estimate of drug-likeness (QED) is 0.235. The molecule has 0 N–H and O–H groups in total. The number of likely N-dealkylation sites (N-methyl/N-ethyl adjacent to an activating group) is 1. The number of benzene rings is 2. The van der Waals surface area contributed by atoms with Gasteiger partial charge < -0.3 is 0 Å². The lowest BCUT2D eigenvalue weighted by molar-refractivity contribution is -0.950. The van der Waals surface area contributed by atoms with Gasteiger partial charge in [0.15, 0.2) is 0 Å². The van der Waals surface area contributed by atoms with Crippen molar-refractivity contribution in [2.45, 2.75) is 44.7 Å². The van der Waals surface area contributed by atoms with Gasteiger partial charge in [0.25, 0.3) is 11.8 Å². The van der Waals surface area contributed by atoms with Crippen LogP contribution >= 0.6 is 0 Å². The van der Waals surface area contributed by atoms with Gasteiger partial charge in [0.05, 0.1) is 42.7 Å². The molecule has 0 bridgehead atoms. The Morgan fingerprint density at radius 3 is 2.00 bits per heavy atom. The molecule has 0 aliphatic carbocycles. The van der Waals surface area contributed by atoms with Gasteiger partial charge in [-0.05, 0) is 37.6 Å². The number of aryl methyl sites for hydroxylation is 1. The number of fused-ring (bicyclic) bond motifs is 1. The molecule has 0 fully saturated rings. The largest absolute Gasteiger partial charge is 0.301 e. The van der Waals surface area contributed by atoms with E-state index in [1.54, 1.807) is 48.5 Å². The number of rotatable bonds is 10. The van der Waals surface area contributed by atoms with Crippen LogP contribution in [0, 0.1) is 6.92 Å². The Morgan fingerprint density at radius 2 is 1.50 bits per heavy atom. The number of amides is 2. The molecule has 0 saturated heterocycles. The molecule has 8 heteroatoms. The van der Waals surface area contributed by atoms with Gasteiger partial charge in [0.2, 0.25) is 6.23 Å². The number of quaternary nitrogens is 1. The van der Waals surface area contributed by atoms with Crippen LogP contribution in [0.4, 0.5) is 0 Å². The van der Waals surface area contributed by atoms with E-state index in [1.807, 2.05) is 27.8 Å². The van der Waals surface area contributed by atoms with Crippen LogP contribution in [0.25, 0.3) is 0 Å². The fourth-order valence-corrected chi connectivity index (χ4v) is 5.42. The highest BCUT2D eigenvalue weighted by molar-refractivity contribution is 7.86. The Kier molecular flexibility index (Phi) is 7.17. The predicted molar refractivity (Wildman–Crippen MR) is 122 cm³/mol. The van der Waals surface area contributed by atoms with Crippen LogP contribution in [0.2, 0.25) is 0 Å². The number of carbonyl (C=O) groups is 2. The third kappa shape index (κ3) is 4.77. The van der Waals surface area contributed by atoms with Crippen LogP contribution in [-0.2, 0) is 14.3 Å². The molecule has 172 valence electrons. The van der Waals surface area contributed by atoms with Crippen molar-refractivity contribution in [1.29, 1.82) is 0 Å². The Bertz CT molecular complexity index is 1060. The average Bonchev–Trinajstić information content (AvgIpc) is 3.01. The number of imide groups is 1. The summed E-state index contributed by atoms with van der Waals surface area (Å²) in [5, 5.41) is 0. The van der Waals surface area contributed by atoms with E-state index in [1.165, 1.54) is 4.90 Å². The molecule has 2 aromatic rings. The molecule has 32 heavy (non-hydrogen) atoms. The number of carbonyl (C=O) groups excluding carboxylic acids is 2. The molecule has 2 aromatic carbocycles. The van der Waals surface area contributed by atoms with Crippen molar-refractivity contribution in [3.05, 3.63) is 65.2 Å². The molecule has 1 heterocycles. The molecular formula is C24H31N2O5S+. The standard InChI is InChI=1S/C24H31N2O5S/c1-5-16-26(4,17-15-25-23(27)20-9-7-8-10-21(20)24(25)28)22(6-2)31-32(29,30)19-13-11-18(3)12-14-19/h7-14,22H,5-6,15-17H2,1-4H3/q+1. The minimum atomic E-state index is -3.96. The smallest absolute Gasteiger partial charge is 0.299 e. The van der Waals surface area contributed by atoms with Crippen molar-refractivity contribution < 1.29 is 26.7 Å². The van der Waals surface area contributed by atoms with Gasteiger partial charge in [0, 0.05) is 6.42 Å². The Balaban J connectivity index is 1.79. The first kappa shape index (κ1) is 24.1. The molecule has 0 spiro atoms. The summed E-state index contributed by atoms with van der Waals surface area (Å²) in [5.74, 6) is -0.621. The first-order valence-corrected chi connectivity index (χ1v) is 12.3. The monoisotopic (exact) mass is 459 g/mol. The molecule has 0 radical (unpaired) electrons. The zero-order valence-corrected chi connectivity index (χ0v) is 19.9. The predicted octanol–water partition coefficient (Wildman–Crippen LogP) is 3.59. The molecular weight excluding hydrogens is 428 g/mol. The van der Waals surface area contributed by atoms with Gasteiger partial charge >= 0.3 is 10.1 Å². The number of nitrogens with zero attached hydrogens (tertiary/aromatic N) is 2. The average molecular weight is 460 g/mol. The van der Waals surface area contributed by atoms with Crippen molar-refractivity contribution in [1.82, 2.24) is 4.90 Å². The van der Waals surface area contributed by atoms with E-state index >= 15 is 0 Å². The highest BCUT2D eigenvalue weighted by Gasteiger charge is 2.40. The minimum Gasteiger partial charge on any atom is -0.299 e. The second-order valence-electron chi connectivity index (χ2n) is 8.46. The van der Waals surface area contributed by atoms with Crippen molar-refractivity contribution in [3.63, 3.8) is 0 Å². The van der Waals surface area contributed by atoms with Crippen molar-refractivity contribution in [2.24, 2.45) is 0 Å².